The van der Waals surface area contributed by atoms with E-state index in [4.69, 9.17) is 0 Å². The molecule has 0 amide bonds. The van der Waals surface area contributed by atoms with Crippen LogP contribution in [0.4, 0.5) is 20.4 Å². The average molecular weight is 529 g/mol. The van der Waals surface area contributed by atoms with Crippen LogP contribution >= 0.6 is 0 Å². The Hall–Kier alpha value is -3.97. The van der Waals surface area contributed by atoms with Crippen molar-refractivity contribution in [2.45, 2.75) is 19.4 Å². The number of aromatic amines is 1. The molecule has 192 valence electrons. The van der Waals surface area contributed by atoms with Gasteiger partial charge in [-0.05, 0) is 24.6 Å². The summed E-state index contributed by atoms with van der Waals surface area (Å²) >= 11 is 0. The number of benzene rings is 1. The van der Waals surface area contributed by atoms with Crippen LogP contribution in [0.15, 0.2) is 43.0 Å². The molecule has 3 aromatic heterocycles. The van der Waals surface area contributed by atoms with Crippen molar-refractivity contribution in [1.82, 2.24) is 19.9 Å². The lowest BCUT2D eigenvalue weighted by atomic mass is 10.0. The summed E-state index contributed by atoms with van der Waals surface area (Å²) in [5.41, 5.74) is 0.273. The minimum Gasteiger partial charge on any atom is -0.389 e. The smallest absolute Gasteiger partial charge is 0.232 e. The molecule has 10 nitrogen and oxygen atoms in total. The Kier molecular flexibility index (Phi) is 6.33. The number of rotatable bonds is 8. The number of β-amino-alcohol motifs (C(OH)–C–C–N with tert-alkyl or cyclic N) is 1. The fraction of sp³-hybridized carbons (Fsp3) is 0.250. The third-order valence-electron chi connectivity index (χ3n) is 5.96. The van der Waals surface area contributed by atoms with Crippen molar-refractivity contribution in [3.63, 3.8) is 0 Å². The highest BCUT2D eigenvalue weighted by Crippen LogP contribution is 2.29. The number of carbonyl (C=O) groups excluding carboxylic acids is 1. The number of aliphatic hydroxyl groups is 1. The van der Waals surface area contributed by atoms with Crippen LogP contribution in [0.25, 0.3) is 22.2 Å². The van der Waals surface area contributed by atoms with Crippen molar-refractivity contribution in [3.8, 4) is 11.1 Å². The van der Waals surface area contributed by atoms with Gasteiger partial charge in [0, 0.05) is 60.0 Å². The van der Waals surface area contributed by atoms with Crippen LogP contribution in [0.1, 0.15) is 29.3 Å². The predicted octanol–water partition coefficient (Wildman–Crippen LogP) is 2.86. The molecular formula is C24H22F2N6O4S. The van der Waals surface area contributed by atoms with E-state index in [2.05, 4.69) is 19.9 Å². The number of hydrogen-bond donors (Lipinski definition) is 3. The highest BCUT2D eigenvalue weighted by atomic mass is 32.2. The molecule has 0 unspecified atom stereocenters. The Bertz CT molecular complexity index is 1600. The number of H-pyrrole nitrogens is 1. The minimum absolute atomic E-state index is 0.0735. The van der Waals surface area contributed by atoms with Gasteiger partial charge in [0.2, 0.25) is 16.0 Å². The largest absolute Gasteiger partial charge is 0.389 e. The first-order valence-electron chi connectivity index (χ1n) is 11.4. The van der Waals surface area contributed by atoms with Gasteiger partial charge in [0.25, 0.3) is 0 Å². The topological polar surface area (TPSA) is 141 Å². The fourth-order valence-electron chi connectivity index (χ4n) is 4.04. The highest BCUT2D eigenvalue weighted by Gasteiger charge is 2.27. The van der Waals surface area contributed by atoms with Gasteiger partial charge in [-0.2, -0.15) is 0 Å². The number of hydrogen-bond acceptors (Lipinski definition) is 8. The van der Waals surface area contributed by atoms with Gasteiger partial charge < -0.3 is 15.0 Å². The summed E-state index contributed by atoms with van der Waals surface area (Å²) in [6, 6.07) is 3.48. The Balaban J connectivity index is 1.48. The molecule has 37 heavy (non-hydrogen) atoms. The van der Waals surface area contributed by atoms with E-state index in [1.165, 1.54) is 6.20 Å². The molecule has 1 aliphatic rings. The second-order valence-electron chi connectivity index (χ2n) is 8.69. The van der Waals surface area contributed by atoms with Crippen LogP contribution in [0.2, 0.25) is 0 Å². The molecule has 1 fully saturated rings. The van der Waals surface area contributed by atoms with Gasteiger partial charge in [-0.15, -0.1) is 0 Å². The van der Waals surface area contributed by atoms with Crippen LogP contribution in [0.5, 0.6) is 0 Å². The zero-order chi connectivity index (χ0) is 26.3. The number of carbonyl (C=O) groups is 1. The molecule has 1 aliphatic heterocycles. The monoisotopic (exact) mass is 528 g/mol. The standard InChI is InChI=1S/C24H22F2N6O4S/c1-2-5-37(35,36)31-21-19(25)4-3-16(20(21)26)22(34)18-10-28-23-17(18)6-13(7-27-23)14-8-29-24(30-9-14)32-11-15(33)12-32/h3-4,6-10,15,31,33H,2,5,11-12H2,1H3,(H,27,28). The molecule has 13 heteroatoms. The fourth-order valence-corrected chi connectivity index (χ4v) is 5.18. The summed E-state index contributed by atoms with van der Waals surface area (Å²) < 4.78 is 55.6. The number of nitrogens with zero attached hydrogens (tertiary/aromatic N) is 4. The number of halogens is 2. The molecule has 0 bridgehead atoms. The number of aromatic nitrogens is 4. The van der Waals surface area contributed by atoms with E-state index >= 15 is 4.39 Å². The van der Waals surface area contributed by atoms with Crippen molar-refractivity contribution in [2.24, 2.45) is 0 Å². The van der Waals surface area contributed by atoms with Gasteiger partial charge >= 0.3 is 0 Å². The van der Waals surface area contributed by atoms with Gasteiger partial charge in [0.15, 0.2) is 11.6 Å². The second kappa shape index (κ2) is 9.48. The molecule has 0 saturated carbocycles. The quantitative estimate of drug-likeness (QED) is 0.297. The first-order valence-corrected chi connectivity index (χ1v) is 13.1. The lowest BCUT2D eigenvalue weighted by molar-refractivity contribution is 0.103. The number of anilines is 2. The van der Waals surface area contributed by atoms with E-state index < -0.39 is 44.8 Å². The van der Waals surface area contributed by atoms with Crippen LogP contribution in [-0.4, -0.2) is 64.2 Å². The normalized spacial score (nSPS) is 14.1. The van der Waals surface area contributed by atoms with Gasteiger partial charge in [-0.25, -0.2) is 32.2 Å². The van der Waals surface area contributed by atoms with E-state index in [1.807, 2.05) is 9.62 Å². The van der Waals surface area contributed by atoms with Crippen LogP contribution in [0, 0.1) is 11.6 Å². The first-order chi connectivity index (χ1) is 17.7. The van der Waals surface area contributed by atoms with Crippen LogP contribution in [0.3, 0.4) is 0 Å². The highest BCUT2D eigenvalue weighted by molar-refractivity contribution is 7.92. The molecule has 0 aliphatic carbocycles. The Morgan fingerprint density at radius 2 is 1.84 bits per heavy atom. The molecular weight excluding hydrogens is 506 g/mol. The zero-order valence-electron chi connectivity index (χ0n) is 19.6. The summed E-state index contributed by atoms with van der Waals surface area (Å²) in [5.74, 6) is -3.05. The van der Waals surface area contributed by atoms with Crippen molar-refractivity contribution in [2.75, 3.05) is 28.5 Å². The average Bonchev–Trinajstić information content (AvgIpc) is 3.28. The predicted molar refractivity (Wildman–Crippen MR) is 133 cm³/mol. The molecule has 4 heterocycles. The maximum absolute atomic E-state index is 15.2. The lowest BCUT2D eigenvalue weighted by Crippen LogP contribution is -2.51. The molecule has 0 atom stereocenters. The number of sulfonamides is 1. The summed E-state index contributed by atoms with van der Waals surface area (Å²) in [4.78, 5) is 30.9. The maximum Gasteiger partial charge on any atom is 0.232 e. The third kappa shape index (κ3) is 4.74. The Labute approximate surface area is 210 Å². The van der Waals surface area contributed by atoms with E-state index in [-0.39, 0.29) is 17.7 Å². The van der Waals surface area contributed by atoms with E-state index in [9.17, 15) is 22.7 Å². The second-order valence-corrected chi connectivity index (χ2v) is 10.5. The van der Waals surface area contributed by atoms with E-state index in [1.54, 1.807) is 31.6 Å². The lowest BCUT2D eigenvalue weighted by Gasteiger charge is -2.35. The Morgan fingerprint density at radius 1 is 1.14 bits per heavy atom. The number of fused-ring (bicyclic) bond motifs is 1. The maximum atomic E-state index is 15.2. The van der Waals surface area contributed by atoms with Gasteiger partial charge in [-0.3, -0.25) is 9.52 Å². The summed E-state index contributed by atoms with van der Waals surface area (Å²) in [6.07, 6.45) is 5.98. The molecule has 0 radical (unpaired) electrons. The van der Waals surface area contributed by atoms with Gasteiger partial charge in [0.05, 0.1) is 17.4 Å². The molecule has 0 spiro atoms. The van der Waals surface area contributed by atoms with E-state index in [0.29, 0.717) is 41.2 Å². The minimum atomic E-state index is -3.99. The van der Waals surface area contributed by atoms with Crippen molar-refractivity contribution >= 4 is 38.5 Å². The summed E-state index contributed by atoms with van der Waals surface area (Å²) in [5, 5.41) is 9.84. The van der Waals surface area contributed by atoms with Crippen molar-refractivity contribution in [1.29, 1.82) is 0 Å². The SMILES string of the molecule is CCCS(=O)(=O)Nc1c(F)ccc(C(=O)c2c[nH]c3ncc(-c4cnc(N5CC(O)C5)nc4)cc23)c1F. The third-order valence-corrected chi connectivity index (χ3v) is 7.42. The number of aliphatic hydroxyl groups excluding tert-OH is 1. The summed E-state index contributed by atoms with van der Waals surface area (Å²) in [7, 11) is -3.99. The molecule has 1 saturated heterocycles. The van der Waals surface area contributed by atoms with Crippen molar-refractivity contribution in [3.05, 3.63) is 65.7 Å². The summed E-state index contributed by atoms with van der Waals surface area (Å²) in [6.45, 7) is 2.54. The zero-order valence-corrected chi connectivity index (χ0v) is 20.4. The number of ketones is 1. The Morgan fingerprint density at radius 3 is 2.51 bits per heavy atom. The molecule has 4 aromatic rings. The van der Waals surface area contributed by atoms with Crippen LogP contribution in [-0.2, 0) is 10.0 Å². The van der Waals surface area contributed by atoms with Crippen LogP contribution < -0.4 is 9.62 Å². The van der Waals surface area contributed by atoms with Gasteiger partial charge in [-0.1, -0.05) is 6.92 Å². The number of pyridine rings is 1. The molecule has 5 rings (SSSR count). The van der Waals surface area contributed by atoms with E-state index in [0.717, 1.165) is 12.1 Å². The molecule has 3 N–H and O–H groups in total. The van der Waals surface area contributed by atoms with Crippen molar-refractivity contribution < 1.29 is 27.1 Å². The molecule has 1 aromatic carbocycles. The number of nitrogens with one attached hydrogen (secondary N) is 2. The first kappa shape index (κ1) is 24.7. The van der Waals surface area contributed by atoms with Gasteiger partial charge in [0.1, 0.15) is 17.2 Å².